The highest BCUT2D eigenvalue weighted by Crippen LogP contribution is 2.31. The van der Waals surface area contributed by atoms with Gasteiger partial charge in [0.25, 0.3) is 5.82 Å². The molecule has 1 aliphatic rings. The molecule has 2 N–H and O–H groups in total. The molecule has 8 nitrogen and oxygen atoms in total. The van der Waals surface area contributed by atoms with E-state index in [9.17, 15) is 13.2 Å². The highest BCUT2D eigenvalue weighted by atomic mass is 19.4. The van der Waals surface area contributed by atoms with Crippen molar-refractivity contribution in [1.29, 1.82) is 0 Å². The van der Waals surface area contributed by atoms with Crippen molar-refractivity contribution in [3.63, 3.8) is 0 Å². The highest BCUT2D eigenvalue weighted by Gasteiger charge is 2.37. The second-order valence-electron chi connectivity index (χ2n) is 9.90. The van der Waals surface area contributed by atoms with E-state index < -0.39 is 12.0 Å². The molecule has 0 saturated heterocycles. The summed E-state index contributed by atoms with van der Waals surface area (Å²) in [6.07, 6.45) is 2.13. The summed E-state index contributed by atoms with van der Waals surface area (Å²) in [6.45, 7) is 8.36. The van der Waals surface area contributed by atoms with Crippen LogP contribution in [-0.2, 0) is 19.0 Å². The van der Waals surface area contributed by atoms with E-state index in [1.165, 1.54) is 11.1 Å². The molecule has 11 heteroatoms. The number of aromatic nitrogens is 6. The van der Waals surface area contributed by atoms with Crippen LogP contribution in [0.4, 0.5) is 24.8 Å². The predicted octanol–water partition coefficient (Wildman–Crippen LogP) is 6.10. The Morgan fingerprint density at radius 2 is 1.87 bits per heavy atom. The first-order chi connectivity index (χ1) is 18.7. The molecule has 3 aromatic heterocycles. The Bertz CT molecular complexity index is 1420. The van der Waals surface area contributed by atoms with Gasteiger partial charge >= 0.3 is 6.18 Å². The van der Waals surface area contributed by atoms with Crippen molar-refractivity contribution in [3.05, 3.63) is 65.4 Å². The van der Waals surface area contributed by atoms with Crippen molar-refractivity contribution in [2.45, 2.75) is 65.1 Å². The standard InChI is InChI=1S/C28H33F3N8/c1-4-15-38(5-2)22-13-10-19-9-12-21(16-20(19)11-14-22)34-27-36-26(28(29,30)31)37-39(27)25-8-6-7-23(35-25)24-17-32-18(3)33-24/h6-9,12,16-17,22H,4-5,10-11,13-15H2,1-3H3,(H,32,33)(H,34,36,37). The van der Waals surface area contributed by atoms with Gasteiger partial charge in [0.2, 0.25) is 5.95 Å². The number of alkyl halides is 3. The third kappa shape index (κ3) is 5.98. The monoisotopic (exact) mass is 538 g/mol. The lowest BCUT2D eigenvalue weighted by Gasteiger charge is -2.29. The number of hydrogen-bond donors (Lipinski definition) is 2. The summed E-state index contributed by atoms with van der Waals surface area (Å²) in [7, 11) is 0. The molecular formula is C28H33F3N8. The van der Waals surface area contributed by atoms with Gasteiger partial charge in [-0.05, 0) is 87.5 Å². The number of pyridine rings is 1. The maximum absolute atomic E-state index is 13.6. The SMILES string of the molecule is CCCN(CC)C1CCc2ccc(Nc3nc(C(F)(F)F)nn3-c3cccc(-c4cnc(C)[nH]4)n3)cc2CC1. The summed E-state index contributed by atoms with van der Waals surface area (Å²) in [5.41, 5.74) is 4.36. The molecular weight excluding hydrogens is 505 g/mol. The second-order valence-corrected chi connectivity index (χ2v) is 9.90. The summed E-state index contributed by atoms with van der Waals surface area (Å²) >= 11 is 0. The lowest BCUT2D eigenvalue weighted by molar-refractivity contribution is -0.144. The zero-order chi connectivity index (χ0) is 27.6. The summed E-state index contributed by atoms with van der Waals surface area (Å²) < 4.78 is 42.0. The summed E-state index contributed by atoms with van der Waals surface area (Å²) in [5.74, 6) is -0.373. The van der Waals surface area contributed by atoms with Crippen molar-refractivity contribution >= 4 is 11.6 Å². The molecule has 0 spiro atoms. The molecule has 0 aliphatic heterocycles. The number of rotatable bonds is 8. The Labute approximate surface area is 225 Å². The minimum absolute atomic E-state index is 0.0562. The number of benzene rings is 1. The summed E-state index contributed by atoms with van der Waals surface area (Å²) in [5, 5.41) is 6.85. The van der Waals surface area contributed by atoms with Crippen molar-refractivity contribution in [2.75, 3.05) is 18.4 Å². The number of anilines is 2. The summed E-state index contributed by atoms with van der Waals surface area (Å²) in [6, 6.07) is 11.6. The summed E-state index contributed by atoms with van der Waals surface area (Å²) in [4.78, 5) is 18.2. The second kappa shape index (κ2) is 11.2. The van der Waals surface area contributed by atoms with Crippen LogP contribution in [0.1, 0.15) is 55.9 Å². The van der Waals surface area contributed by atoms with Crippen molar-refractivity contribution in [2.24, 2.45) is 0 Å². The van der Waals surface area contributed by atoms with E-state index in [1.807, 2.05) is 19.1 Å². The molecule has 0 radical (unpaired) electrons. The quantitative estimate of drug-likeness (QED) is 0.264. The van der Waals surface area contributed by atoms with E-state index in [2.05, 4.69) is 55.2 Å². The fourth-order valence-electron chi connectivity index (χ4n) is 5.26. The van der Waals surface area contributed by atoms with Crippen LogP contribution in [0.3, 0.4) is 0 Å². The first kappa shape index (κ1) is 26.9. The van der Waals surface area contributed by atoms with E-state index in [4.69, 9.17) is 0 Å². The van der Waals surface area contributed by atoms with Gasteiger partial charge in [-0.2, -0.15) is 22.8 Å². The normalized spacial score (nSPS) is 15.8. The van der Waals surface area contributed by atoms with E-state index >= 15 is 0 Å². The number of fused-ring (bicyclic) bond motifs is 1. The van der Waals surface area contributed by atoms with Crippen LogP contribution in [-0.4, -0.2) is 53.7 Å². The van der Waals surface area contributed by atoms with E-state index in [-0.39, 0.29) is 11.8 Å². The fraction of sp³-hybridized carbons (Fsp3) is 0.429. The Balaban J connectivity index is 1.44. The Kier molecular flexibility index (Phi) is 7.69. The molecule has 0 fully saturated rings. The molecule has 5 rings (SSSR count). The first-order valence-electron chi connectivity index (χ1n) is 13.4. The van der Waals surface area contributed by atoms with Gasteiger partial charge in [0.05, 0.1) is 17.6 Å². The van der Waals surface area contributed by atoms with Crippen LogP contribution in [0.5, 0.6) is 0 Å². The van der Waals surface area contributed by atoms with Crippen molar-refractivity contribution in [3.8, 4) is 17.2 Å². The largest absolute Gasteiger partial charge is 0.453 e. The number of halogens is 3. The van der Waals surface area contributed by atoms with Gasteiger partial charge in [-0.3, -0.25) is 0 Å². The van der Waals surface area contributed by atoms with Gasteiger partial charge in [-0.25, -0.2) is 9.97 Å². The van der Waals surface area contributed by atoms with Gasteiger partial charge in [0.15, 0.2) is 5.82 Å². The highest BCUT2D eigenvalue weighted by molar-refractivity contribution is 5.59. The minimum Gasteiger partial charge on any atom is -0.341 e. The fourth-order valence-corrected chi connectivity index (χ4v) is 5.26. The molecule has 0 saturated carbocycles. The van der Waals surface area contributed by atoms with Crippen LogP contribution in [0.2, 0.25) is 0 Å². The number of nitrogens with one attached hydrogen (secondary N) is 2. The smallest absolute Gasteiger partial charge is 0.341 e. The maximum Gasteiger partial charge on any atom is 0.453 e. The molecule has 39 heavy (non-hydrogen) atoms. The van der Waals surface area contributed by atoms with Gasteiger partial charge in [0, 0.05) is 11.7 Å². The minimum atomic E-state index is -4.70. The van der Waals surface area contributed by atoms with Crippen molar-refractivity contribution in [1.82, 2.24) is 34.6 Å². The number of aromatic amines is 1. The zero-order valence-electron chi connectivity index (χ0n) is 22.4. The van der Waals surface area contributed by atoms with Crippen molar-refractivity contribution < 1.29 is 13.2 Å². The number of aryl methyl sites for hydroxylation is 3. The number of H-pyrrole nitrogens is 1. The van der Waals surface area contributed by atoms with Gasteiger partial charge in [-0.1, -0.05) is 26.0 Å². The third-order valence-electron chi connectivity index (χ3n) is 7.18. The lowest BCUT2D eigenvalue weighted by atomic mass is 10.0. The van der Waals surface area contributed by atoms with Crippen LogP contribution >= 0.6 is 0 Å². The average molecular weight is 539 g/mol. The van der Waals surface area contributed by atoms with Gasteiger partial charge < -0.3 is 15.2 Å². The van der Waals surface area contributed by atoms with Crippen LogP contribution < -0.4 is 5.32 Å². The molecule has 4 aromatic rings. The predicted molar refractivity (Wildman–Crippen MR) is 144 cm³/mol. The van der Waals surface area contributed by atoms with Gasteiger partial charge in [-0.15, -0.1) is 5.10 Å². The maximum atomic E-state index is 13.6. The molecule has 0 bridgehead atoms. The molecule has 1 aromatic carbocycles. The third-order valence-corrected chi connectivity index (χ3v) is 7.18. The number of nitrogens with zero attached hydrogens (tertiary/aromatic N) is 6. The number of imidazole rings is 1. The van der Waals surface area contributed by atoms with E-state index in [1.54, 1.807) is 24.4 Å². The van der Waals surface area contributed by atoms with Crippen LogP contribution in [0, 0.1) is 6.92 Å². The molecule has 3 heterocycles. The Hall–Kier alpha value is -3.73. The molecule has 0 amide bonds. The van der Waals surface area contributed by atoms with E-state index in [0.717, 1.165) is 49.9 Å². The van der Waals surface area contributed by atoms with E-state index in [0.29, 0.717) is 28.9 Å². The Morgan fingerprint density at radius 1 is 1.08 bits per heavy atom. The van der Waals surface area contributed by atoms with Crippen LogP contribution in [0.25, 0.3) is 17.2 Å². The lowest BCUT2D eigenvalue weighted by Crippen LogP contribution is -2.36. The zero-order valence-corrected chi connectivity index (χ0v) is 22.4. The van der Waals surface area contributed by atoms with Gasteiger partial charge in [0.1, 0.15) is 5.82 Å². The van der Waals surface area contributed by atoms with Crippen LogP contribution in [0.15, 0.2) is 42.6 Å². The average Bonchev–Trinajstić information content (AvgIpc) is 3.49. The number of hydrogen-bond acceptors (Lipinski definition) is 6. The molecule has 206 valence electrons. The molecule has 1 atom stereocenters. The molecule has 1 aliphatic carbocycles. The molecule has 1 unspecified atom stereocenters. The topological polar surface area (TPSA) is 87.5 Å². The first-order valence-corrected chi connectivity index (χ1v) is 13.4. The Morgan fingerprint density at radius 3 is 2.56 bits per heavy atom.